The van der Waals surface area contributed by atoms with Crippen LogP contribution in [0.4, 0.5) is 0 Å². The minimum absolute atomic E-state index is 0.0207. The molecule has 0 spiro atoms. The molecule has 1 saturated heterocycles. The highest BCUT2D eigenvalue weighted by Crippen LogP contribution is 2.29. The standard InChI is InChI=1S/C19H25BrN2O2/c1-14-4-2-8-22(12-14)9-3-7-21-19(23)16-10-15-11-17(20)5-6-18(15)24-13-16/h5-6,10-11,14H,2-4,7-9,12-13H2,1H3,(H,21,23)/t14-/m1/s1. The third kappa shape index (κ3) is 4.61. The Morgan fingerprint density at radius 2 is 2.33 bits per heavy atom. The van der Waals surface area contributed by atoms with Gasteiger partial charge in [-0.2, -0.15) is 0 Å². The summed E-state index contributed by atoms with van der Waals surface area (Å²) in [4.78, 5) is 14.8. The number of fused-ring (bicyclic) bond motifs is 1. The van der Waals surface area contributed by atoms with Crippen LogP contribution in [0.15, 0.2) is 28.2 Å². The molecule has 0 unspecified atom stereocenters. The fraction of sp³-hybridized carbons (Fsp3) is 0.526. The maximum atomic E-state index is 12.3. The van der Waals surface area contributed by atoms with Gasteiger partial charge in [-0.05, 0) is 62.5 Å². The Bertz CT molecular complexity index is 630. The summed E-state index contributed by atoms with van der Waals surface area (Å²) in [5.74, 6) is 1.61. The second kappa shape index (κ2) is 8.17. The number of amides is 1. The monoisotopic (exact) mass is 392 g/mol. The lowest BCUT2D eigenvalue weighted by atomic mass is 10.0. The lowest BCUT2D eigenvalue weighted by Gasteiger charge is -2.30. The van der Waals surface area contributed by atoms with E-state index < -0.39 is 0 Å². The number of hydrogen-bond donors (Lipinski definition) is 1. The number of likely N-dealkylation sites (tertiary alicyclic amines) is 1. The van der Waals surface area contributed by atoms with Crippen LogP contribution in [0.2, 0.25) is 0 Å². The average Bonchev–Trinajstić information content (AvgIpc) is 2.58. The first-order chi connectivity index (χ1) is 11.6. The zero-order valence-electron chi connectivity index (χ0n) is 14.2. The molecule has 2 aliphatic rings. The molecule has 2 heterocycles. The number of halogens is 1. The average molecular weight is 393 g/mol. The number of benzene rings is 1. The van der Waals surface area contributed by atoms with Crippen LogP contribution in [0, 0.1) is 5.92 Å². The molecule has 1 aromatic rings. The number of carbonyl (C=O) groups excluding carboxylic acids is 1. The SMILES string of the molecule is C[C@@H]1CCCN(CCCNC(=O)C2=Cc3cc(Br)ccc3OC2)C1. The fourth-order valence-electron chi connectivity index (χ4n) is 3.39. The first-order valence-electron chi connectivity index (χ1n) is 8.75. The van der Waals surface area contributed by atoms with Crippen LogP contribution in [0.1, 0.15) is 31.7 Å². The van der Waals surface area contributed by atoms with Gasteiger partial charge in [0.25, 0.3) is 5.91 Å². The lowest BCUT2D eigenvalue weighted by molar-refractivity contribution is -0.117. The van der Waals surface area contributed by atoms with Crippen molar-refractivity contribution in [2.75, 3.05) is 32.8 Å². The molecule has 0 radical (unpaired) electrons. The van der Waals surface area contributed by atoms with Gasteiger partial charge in [0, 0.05) is 23.1 Å². The first kappa shape index (κ1) is 17.5. The smallest absolute Gasteiger partial charge is 0.250 e. The van der Waals surface area contributed by atoms with E-state index in [-0.39, 0.29) is 5.91 Å². The minimum Gasteiger partial charge on any atom is -0.488 e. The third-order valence-electron chi connectivity index (χ3n) is 4.65. The Kier molecular flexibility index (Phi) is 5.95. The number of rotatable bonds is 5. The van der Waals surface area contributed by atoms with Gasteiger partial charge in [0.1, 0.15) is 12.4 Å². The van der Waals surface area contributed by atoms with E-state index in [9.17, 15) is 4.79 Å². The Labute approximate surface area is 152 Å². The van der Waals surface area contributed by atoms with Crippen molar-refractivity contribution >= 4 is 27.9 Å². The predicted octanol–water partition coefficient (Wildman–Crippen LogP) is 3.46. The van der Waals surface area contributed by atoms with Crippen molar-refractivity contribution in [2.24, 2.45) is 5.92 Å². The third-order valence-corrected chi connectivity index (χ3v) is 5.15. The zero-order valence-corrected chi connectivity index (χ0v) is 15.8. The van der Waals surface area contributed by atoms with Crippen LogP contribution >= 0.6 is 15.9 Å². The molecule has 5 heteroatoms. The molecular formula is C19H25BrN2O2. The van der Waals surface area contributed by atoms with Gasteiger partial charge in [-0.25, -0.2) is 0 Å². The second-order valence-corrected chi connectivity index (χ2v) is 7.71. The van der Waals surface area contributed by atoms with E-state index in [1.54, 1.807) is 0 Å². The summed E-state index contributed by atoms with van der Waals surface area (Å²) in [7, 11) is 0. The van der Waals surface area contributed by atoms with E-state index in [1.807, 2.05) is 24.3 Å². The number of ether oxygens (including phenoxy) is 1. The number of hydrogen-bond acceptors (Lipinski definition) is 3. The van der Waals surface area contributed by atoms with Crippen molar-refractivity contribution in [1.29, 1.82) is 0 Å². The summed E-state index contributed by atoms with van der Waals surface area (Å²) >= 11 is 3.45. The van der Waals surface area contributed by atoms with Crippen LogP contribution in [0.3, 0.4) is 0 Å². The van der Waals surface area contributed by atoms with Crippen molar-refractivity contribution < 1.29 is 9.53 Å². The molecule has 0 aliphatic carbocycles. The van der Waals surface area contributed by atoms with E-state index in [2.05, 4.69) is 33.1 Å². The van der Waals surface area contributed by atoms with Crippen LogP contribution in [0.25, 0.3) is 6.08 Å². The van der Waals surface area contributed by atoms with E-state index in [0.29, 0.717) is 18.7 Å². The maximum Gasteiger partial charge on any atom is 0.250 e. The largest absolute Gasteiger partial charge is 0.488 e. The molecule has 130 valence electrons. The number of nitrogens with one attached hydrogen (secondary N) is 1. The minimum atomic E-state index is -0.0207. The van der Waals surface area contributed by atoms with E-state index in [4.69, 9.17) is 4.74 Å². The Balaban J connectivity index is 1.45. The molecule has 0 bridgehead atoms. The molecule has 1 amide bonds. The summed E-state index contributed by atoms with van der Waals surface area (Å²) in [6, 6.07) is 5.84. The Morgan fingerprint density at radius 1 is 1.46 bits per heavy atom. The highest BCUT2D eigenvalue weighted by Gasteiger charge is 2.18. The molecule has 3 rings (SSSR count). The maximum absolute atomic E-state index is 12.3. The van der Waals surface area contributed by atoms with Crippen LogP contribution in [-0.2, 0) is 4.79 Å². The summed E-state index contributed by atoms with van der Waals surface area (Å²) in [6.45, 7) is 6.83. The molecule has 24 heavy (non-hydrogen) atoms. The Hall–Kier alpha value is -1.33. The van der Waals surface area contributed by atoms with Gasteiger partial charge in [0.2, 0.25) is 0 Å². The van der Waals surface area contributed by atoms with Crippen molar-refractivity contribution in [3.05, 3.63) is 33.8 Å². The van der Waals surface area contributed by atoms with Gasteiger partial charge in [0.05, 0.1) is 5.57 Å². The van der Waals surface area contributed by atoms with Crippen LogP contribution in [-0.4, -0.2) is 43.6 Å². The van der Waals surface area contributed by atoms with E-state index >= 15 is 0 Å². The molecule has 4 nitrogen and oxygen atoms in total. The van der Waals surface area contributed by atoms with Gasteiger partial charge in [-0.3, -0.25) is 4.79 Å². The molecule has 1 aromatic carbocycles. The molecule has 1 atom stereocenters. The summed E-state index contributed by atoms with van der Waals surface area (Å²) < 4.78 is 6.65. The van der Waals surface area contributed by atoms with E-state index in [0.717, 1.165) is 34.7 Å². The van der Waals surface area contributed by atoms with Crippen LogP contribution < -0.4 is 10.1 Å². The predicted molar refractivity (Wildman–Crippen MR) is 100 cm³/mol. The molecule has 2 aliphatic heterocycles. The lowest BCUT2D eigenvalue weighted by Crippen LogP contribution is -2.37. The van der Waals surface area contributed by atoms with Gasteiger partial charge in [-0.15, -0.1) is 0 Å². The fourth-order valence-corrected chi connectivity index (χ4v) is 3.77. The van der Waals surface area contributed by atoms with Crippen molar-refractivity contribution in [2.45, 2.75) is 26.2 Å². The molecule has 1 fully saturated rings. The first-order valence-corrected chi connectivity index (χ1v) is 9.54. The van der Waals surface area contributed by atoms with Crippen molar-refractivity contribution in [3.63, 3.8) is 0 Å². The highest BCUT2D eigenvalue weighted by atomic mass is 79.9. The molecule has 0 aromatic heterocycles. The molecular weight excluding hydrogens is 368 g/mol. The topological polar surface area (TPSA) is 41.6 Å². The summed E-state index contributed by atoms with van der Waals surface area (Å²) in [6.07, 6.45) is 5.56. The van der Waals surface area contributed by atoms with E-state index in [1.165, 1.54) is 25.9 Å². The number of carbonyl (C=O) groups is 1. The van der Waals surface area contributed by atoms with Crippen molar-refractivity contribution in [1.82, 2.24) is 10.2 Å². The van der Waals surface area contributed by atoms with Crippen molar-refractivity contribution in [3.8, 4) is 5.75 Å². The molecule has 1 N–H and O–H groups in total. The van der Waals surface area contributed by atoms with Gasteiger partial charge < -0.3 is 15.0 Å². The normalized spacial score (nSPS) is 20.8. The van der Waals surface area contributed by atoms with Crippen LogP contribution in [0.5, 0.6) is 5.75 Å². The summed E-state index contributed by atoms with van der Waals surface area (Å²) in [5, 5.41) is 3.02. The quantitative estimate of drug-likeness (QED) is 0.780. The van der Waals surface area contributed by atoms with Gasteiger partial charge in [0.15, 0.2) is 0 Å². The number of nitrogens with zero attached hydrogens (tertiary/aromatic N) is 1. The Morgan fingerprint density at radius 3 is 3.17 bits per heavy atom. The van der Waals surface area contributed by atoms with Gasteiger partial charge in [-0.1, -0.05) is 22.9 Å². The second-order valence-electron chi connectivity index (χ2n) is 6.80. The zero-order chi connectivity index (χ0) is 16.9. The highest BCUT2D eigenvalue weighted by molar-refractivity contribution is 9.10. The number of piperidine rings is 1. The summed E-state index contributed by atoms with van der Waals surface area (Å²) in [5.41, 5.74) is 1.63. The van der Waals surface area contributed by atoms with Gasteiger partial charge >= 0.3 is 0 Å². The molecule has 0 saturated carbocycles.